The topological polar surface area (TPSA) is 143 Å². The lowest BCUT2D eigenvalue weighted by molar-refractivity contribution is 0.0600. The lowest BCUT2D eigenvalue weighted by atomic mass is 9.97. The average molecular weight is 448 g/mol. The van der Waals surface area contributed by atoms with Crippen molar-refractivity contribution < 1.29 is 33.5 Å². The van der Waals surface area contributed by atoms with Crippen molar-refractivity contribution in [3.63, 3.8) is 0 Å². The fourth-order valence-corrected chi connectivity index (χ4v) is 3.98. The van der Waals surface area contributed by atoms with E-state index in [0.29, 0.717) is 11.3 Å². The number of carbonyl (C=O) groups excluding carboxylic acids is 2. The van der Waals surface area contributed by atoms with E-state index in [4.69, 9.17) is 13.7 Å². The summed E-state index contributed by atoms with van der Waals surface area (Å²) in [4.78, 5) is 39.9. The van der Waals surface area contributed by atoms with Crippen molar-refractivity contribution in [3.8, 4) is 11.5 Å². The number of methoxy groups -OCH3 is 1. The Labute approximate surface area is 185 Å². The summed E-state index contributed by atoms with van der Waals surface area (Å²) in [6.07, 6.45) is 0. The van der Waals surface area contributed by atoms with Crippen molar-refractivity contribution in [2.75, 3.05) is 12.0 Å². The van der Waals surface area contributed by atoms with Crippen molar-refractivity contribution in [1.82, 2.24) is 5.16 Å². The number of hydrogen-bond acceptors (Lipinski definition) is 9. The summed E-state index contributed by atoms with van der Waals surface area (Å²) in [5.41, 5.74) is -0.0381. The first-order valence-corrected chi connectivity index (χ1v) is 9.78. The number of rotatable bonds is 3. The normalized spacial score (nSPS) is 15.2. The number of ether oxygens (including phenoxy) is 1. The van der Waals surface area contributed by atoms with Crippen molar-refractivity contribution in [2.45, 2.75) is 13.0 Å². The smallest absolute Gasteiger partial charge is 0.337 e. The van der Waals surface area contributed by atoms with Gasteiger partial charge >= 0.3 is 5.97 Å². The third-order valence-electron chi connectivity index (χ3n) is 5.45. The van der Waals surface area contributed by atoms with Crippen LogP contribution in [-0.2, 0) is 4.74 Å². The summed E-state index contributed by atoms with van der Waals surface area (Å²) in [7, 11) is 1.26. The molecule has 10 nitrogen and oxygen atoms in total. The number of hydrogen-bond donors (Lipinski definition) is 2. The number of anilines is 1. The molecule has 2 aromatic carbocycles. The molecule has 0 saturated carbocycles. The van der Waals surface area contributed by atoms with Gasteiger partial charge in [0.25, 0.3) is 5.91 Å². The van der Waals surface area contributed by atoms with Crippen LogP contribution in [0.25, 0.3) is 11.0 Å². The van der Waals surface area contributed by atoms with Crippen LogP contribution in [0.1, 0.15) is 43.8 Å². The molecule has 0 spiro atoms. The Balaban J connectivity index is 1.78. The first kappa shape index (κ1) is 20.3. The molecule has 2 N–H and O–H groups in total. The molecule has 2 aromatic heterocycles. The van der Waals surface area contributed by atoms with Crippen LogP contribution in [0.2, 0.25) is 0 Å². The molecule has 4 aromatic rings. The van der Waals surface area contributed by atoms with Gasteiger partial charge in [0.15, 0.2) is 22.6 Å². The number of nitrogens with zero attached hydrogens (tertiary/aromatic N) is 2. The highest BCUT2D eigenvalue weighted by Gasteiger charge is 2.45. The maximum Gasteiger partial charge on any atom is 0.337 e. The fraction of sp³-hybridized carbons (Fsp3) is 0.130. The lowest BCUT2D eigenvalue weighted by Gasteiger charge is -2.22. The summed E-state index contributed by atoms with van der Waals surface area (Å²) in [5, 5.41) is 23.9. The van der Waals surface area contributed by atoms with Gasteiger partial charge in [-0.15, -0.1) is 0 Å². The molecule has 1 aliphatic rings. The molecule has 1 amide bonds. The number of esters is 1. The van der Waals surface area contributed by atoms with Gasteiger partial charge in [-0.05, 0) is 30.7 Å². The number of carbonyl (C=O) groups is 2. The first-order chi connectivity index (χ1) is 15.8. The highest BCUT2D eigenvalue weighted by Crippen LogP contribution is 2.42. The SMILES string of the molecule is COC(=O)c1ccc([C@@H]2c3c(oc4c(O)cc(O)cc4c3=O)C(=O)N2c2cc(C)on2)cc1. The minimum Gasteiger partial charge on any atom is -0.508 e. The molecule has 0 bridgehead atoms. The van der Waals surface area contributed by atoms with Crippen LogP contribution in [0.3, 0.4) is 0 Å². The van der Waals surface area contributed by atoms with Gasteiger partial charge in [-0.1, -0.05) is 17.3 Å². The van der Waals surface area contributed by atoms with E-state index < -0.39 is 29.1 Å². The molecule has 0 radical (unpaired) electrons. The van der Waals surface area contributed by atoms with E-state index in [1.165, 1.54) is 30.2 Å². The average Bonchev–Trinajstić information content (AvgIpc) is 3.35. The third-order valence-corrected chi connectivity index (χ3v) is 5.45. The van der Waals surface area contributed by atoms with E-state index >= 15 is 0 Å². The maximum absolute atomic E-state index is 13.5. The molecular weight excluding hydrogens is 432 g/mol. The molecule has 0 fully saturated rings. The second-order valence-corrected chi connectivity index (χ2v) is 7.50. The summed E-state index contributed by atoms with van der Waals surface area (Å²) in [5.74, 6) is -1.68. The third kappa shape index (κ3) is 3.03. The standard InChI is InChI=1S/C23H16N2O8/c1-10-7-16(24-33-10)25-18(11-3-5-12(6-4-11)23(30)31-2)17-19(28)14-8-13(26)9-15(27)20(14)32-21(17)22(25)29/h3-9,18,26-27H,1-2H3/t18-/m1/s1. The van der Waals surface area contributed by atoms with Crippen LogP contribution >= 0.6 is 0 Å². The Kier molecular flexibility index (Phi) is 4.45. The van der Waals surface area contributed by atoms with Gasteiger partial charge in [0, 0.05) is 12.1 Å². The van der Waals surface area contributed by atoms with E-state index in [9.17, 15) is 24.6 Å². The van der Waals surface area contributed by atoms with E-state index in [1.54, 1.807) is 19.1 Å². The number of amides is 1. The fourth-order valence-electron chi connectivity index (χ4n) is 3.98. The summed E-state index contributed by atoms with van der Waals surface area (Å²) in [6, 6.07) is 8.93. The number of phenolic OH excluding ortho intramolecular Hbond substituents is 2. The van der Waals surface area contributed by atoms with E-state index in [0.717, 1.165) is 12.1 Å². The van der Waals surface area contributed by atoms with Gasteiger partial charge < -0.3 is 23.9 Å². The van der Waals surface area contributed by atoms with Crippen molar-refractivity contribution in [2.24, 2.45) is 0 Å². The molecule has 5 rings (SSSR count). The van der Waals surface area contributed by atoms with Gasteiger partial charge in [0.05, 0.1) is 29.7 Å². The number of phenols is 2. The Morgan fingerprint density at radius 1 is 1.12 bits per heavy atom. The molecule has 3 heterocycles. The number of aromatic hydroxyl groups is 2. The van der Waals surface area contributed by atoms with Crippen LogP contribution < -0.4 is 10.3 Å². The quantitative estimate of drug-likeness (QED) is 0.452. The van der Waals surface area contributed by atoms with Gasteiger partial charge in [-0.3, -0.25) is 14.5 Å². The highest BCUT2D eigenvalue weighted by atomic mass is 16.5. The summed E-state index contributed by atoms with van der Waals surface area (Å²) < 4.78 is 15.5. The minimum atomic E-state index is -0.964. The van der Waals surface area contributed by atoms with Crippen LogP contribution in [0, 0.1) is 6.92 Å². The van der Waals surface area contributed by atoms with Crippen molar-refractivity contribution >= 4 is 28.7 Å². The zero-order valence-corrected chi connectivity index (χ0v) is 17.4. The molecule has 10 heteroatoms. The molecule has 0 aliphatic carbocycles. The highest BCUT2D eigenvalue weighted by molar-refractivity contribution is 6.10. The van der Waals surface area contributed by atoms with Crippen LogP contribution in [-0.4, -0.2) is 34.4 Å². The molecule has 0 saturated heterocycles. The Morgan fingerprint density at radius 3 is 2.48 bits per heavy atom. The lowest BCUT2D eigenvalue weighted by Crippen LogP contribution is -2.29. The number of benzene rings is 2. The zero-order chi connectivity index (χ0) is 23.4. The minimum absolute atomic E-state index is 0.00368. The second kappa shape index (κ2) is 7.23. The number of aryl methyl sites for hydroxylation is 1. The molecule has 0 unspecified atom stereocenters. The van der Waals surface area contributed by atoms with Gasteiger partial charge in [-0.2, -0.15) is 0 Å². The Bertz CT molecular complexity index is 1500. The Morgan fingerprint density at radius 2 is 1.85 bits per heavy atom. The summed E-state index contributed by atoms with van der Waals surface area (Å²) >= 11 is 0. The second-order valence-electron chi connectivity index (χ2n) is 7.50. The zero-order valence-electron chi connectivity index (χ0n) is 17.4. The number of aromatic nitrogens is 1. The van der Waals surface area contributed by atoms with E-state index in [-0.39, 0.29) is 39.4 Å². The predicted molar refractivity (Wildman–Crippen MR) is 113 cm³/mol. The molecule has 1 aliphatic heterocycles. The molecule has 1 atom stereocenters. The number of fused-ring (bicyclic) bond motifs is 2. The van der Waals surface area contributed by atoms with Gasteiger partial charge in [0.2, 0.25) is 5.76 Å². The van der Waals surface area contributed by atoms with Crippen LogP contribution in [0.4, 0.5) is 5.82 Å². The van der Waals surface area contributed by atoms with Gasteiger partial charge in [-0.25, -0.2) is 4.79 Å². The summed E-state index contributed by atoms with van der Waals surface area (Å²) in [6.45, 7) is 1.66. The predicted octanol–water partition coefficient (Wildman–Crippen LogP) is 3.04. The van der Waals surface area contributed by atoms with Crippen LogP contribution in [0.15, 0.2) is 56.2 Å². The van der Waals surface area contributed by atoms with E-state index in [2.05, 4.69) is 5.16 Å². The largest absolute Gasteiger partial charge is 0.508 e. The van der Waals surface area contributed by atoms with Crippen LogP contribution in [0.5, 0.6) is 11.5 Å². The Hall–Kier alpha value is -4.60. The van der Waals surface area contributed by atoms with Crippen molar-refractivity contribution in [1.29, 1.82) is 0 Å². The first-order valence-electron chi connectivity index (χ1n) is 9.78. The van der Waals surface area contributed by atoms with E-state index in [1.807, 2.05) is 0 Å². The monoisotopic (exact) mass is 448 g/mol. The maximum atomic E-state index is 13.5. The molecule has 33 heavy (non-hydrogen) atoms. The molecule has 166 valence electrons. The van der Waals surface area contributed by atoms with Crippen molar-refractivity contribution in [3.05, 3.63) is 80.9 Å². The molecular formula is C23H16N2O8. The van der Waals surface area contributed by atoms with Gasteiger partial charge in [0.1, 0.15) is 11.5 Å².